The smallest absolute Gasteiger partial charge is 0.277 e. The number of hydrogen-bond acceptors (Lipinski definition) is 3. The second-order valence-corrected chi connectivity index (χ2v) is 2.36. The lowest BCUT2D eigenvalue weighted by Gasteiger charge is -2.00. The van der Waals surface area contributed by atoms with E-state index in [-0.39, 0.29) is 12.1 Å². The van der Waals surface area contributed by atoms with Crippen molar-refractivity contribution in [3.8, 4) is 0 Å². The highest BCUT2D eigenvalue weighted by Crippen LogP contribution is 2.21. The number of hydrogen-bond donors (Lipinski definition) is 1. The third kappa shape index (κ3) is 1.78. The van der Waals surface area contributed by atoms with Crippen molar-refractivity contribution in [2.24, 2.45) is 5.73 Å². The van der Waals surface area contributed by atoms with Crippen LogP contribution in [0.3, 0.4) is 0 Å². The molecule has 1 aromatic rings. The molecule has 0 amide bonds. The van der Waals surface area contributed by atoms with Crippen LogP contribution in [0.5, 0.6) is 0 Å². The van der Waals surface area contributed by atoms with Crippen LogP contribution in [0.25, 0.3) is 0 Å². The molecule has 0 saturated heterocycles. The molecule has 0 bridgehead atoms. The third-order valence-corrected chi connectivity index (χ3v) is 1.54. The first kappa shape index (κ1) is 9.53. The molecule has 0 aliphatic rings. The molecule has 2 N–H and O–H groups in total. The van der Waals surface area contributed by atoms with Gasteiger partial charge in [0.2, 0.25) is 0 Å². The van der Waals surface area contributed by atoms with Crippen molar-refractivity contribution in [1.82, 2.24) is 0 Å². The molecule has 0 aliphatic carbocycles. The molecule has 0 aromatic heterocycles. The van der Waals surface area contributed by atoms with E-state index in [2.05, 4.69) is 0 Å². The highest BCUT2D eigenvalue weighted by molar-refractivity contribution is 5.40. The van der Waals surface area contributed by atoms with Crippen LogP contribution in [0.2, 0.25) is 0 Å². The number of nitrogens with two attached hydrogens (primary N) is 1. The summed E-state index contributed by atoms with van der Waals surface area (Å²) in [7, 11) is 0. The molecular formula is C7H6F2N2O2. The molecule has 0 atom stereocenters. The van der Waals surface area contributed by atoms with Crippen molar-refractivity contribution in [2.75, 3.05) is 0 Å². The molecule has 0 radical (unpaired) electrons. The summed E-state index contributed by atoms with van der Waals surface area (Å²) in [5.74, 6) is -2.38. The first-order valence-corrected chi connectivity index (χ1v) is 3.38. The van der Waals surface area contributed by atoms with E-state index < -0.39 is 22.2 Å². The van der Waals surface area contributed by atoms with Crippen LogP contribution in [-0.2, 0) is 6.54 Å². The van der Waals surface area contributed by atoms with Crippen LogP contribution in [0.15, 0.2) is 12.1 Å². The van der Waals surface area contributed by atoms with Crippen LogP contribution in [0.4, 0.5) is 14.5 Å². The molecule has 6 heteroatoms. The summed E-state index contributed by atoms with van der Waals surface area (Å²) in [5.41, 5.74) is 4.59. The summed E-state index contributed by atoms with van der Waals surface area (Å²) < 4.78 is 25.1. The molecule has 4 nitrogen and oxygen atoms in total. The van der Waals surface area contributed by atoms with E-state index in [1.54, 1.807) is 0 Å². The van der Waals surface area contributed by atoms with Gasteiger partial charge in [-0.1, -0.05) is 0 Å². The van der Waals surface area contributed by atoms with Gasteiger partial charge in [0.05, 0.1) is 11.0 Å². The lowest BCUT2D eigenvalue weighted by atomic mass is 10.1. The molecule has 70 valence electrons. The summed E-state index contributed by atoms with van der Waals surface area (Å²) in [4.78, 5) is 9.50. The number of rotatable bonds is 2. The maximum atomic E-state index is 12.6. The SMILES string of the molecule is NCc1cc(F)c(F)cc1[N+](=O)[O-]. The topological polar surface area (TPSA) is 69.2 Å². The Morgan fingerprint density at radius 2 is 1.92 bits per heavy atom. The van der Waals surface area contributed by atoms with Crippen molar-refractivity contribution in [3.63, 3.8) is 0 Å². The van der Waals surface area contributed by atoms with Gasteiger partial charge in [0.25, 0.3) is 5.69 Å². The van der Waals surface area contributed by atoms with Gasteiger partial charge in [-0.3, -0.25) is 10.1 Å². The van der Waals surface area contributed by atoms with Gasteiger partial charge in [-0.15, -0.1) is 0 Å². The van der Waals surface area contributed by atoms with Crippen LogP contribution in [0.1, 0.15) is 5.56 Å². The van der Waals surface area contributed by atoms with E-state index in [0.717, 1.165) is 6.07 Å². The molecule has 0 saturated carbocycles. The van der Waals surface area contributed by atoms with Crippen LogP contribution >= 0.6 is 0 Å². The van der Waals surface area contributed by atoms with Crippen molar-refractivity contribution in [2.45, 2.75) is 6.54 Å². The molecule has 0 fully saturated rings. The lowest BCUT2D eigenvalue weighted by Crippen LogP contribution is -2.03. The molecule has 1 aromatic carbocycles. The van der Waals surface area contributed by atoms with Gasteiger partial charge in [-0.05, 0) is 6.07 Å². The fourth-order valence-electron chi connectivity index (χ4n) is 0.911. The average Bonchev–Trinajstić information content (AvgIpc) is 2.08. The predicted octanol–water partition coefficient (Wildman–Crippen LogP) is 1.33. The molecule has 0 aliphatic heterocycles. The standard InChI is InChI=1S/C7H6F2N2O2/c8-5-1-4(3-10)7(11(12)13)2-6(5)9/h1-2H,3,10H2. The number of halogens is 2. The maximum absolute atomic E-state index is 12.6. The van der Waals surface area contributed by atoms with E-state index in [0.29, 0.717) is 6.07 Å². The molecule has 1 rings (SSSR count). The minimum Gasteiger partial charge on any atom is -0.326 e. The fraction of sp³-hybridized carbons (Fsp3) is 0.143. The van der Waals surface area contributed by atoms with E-state index in [9.17, 15) is 18.9 Å². The maximum Gasteiger partial charge on any atom is 0.277 e. The van der Waals surface area contributed by atoms with E-state index >= 15 is 0 Å². The molecule has 0 spiro atoms. The molecule has 13 heavy (non-hydrogen) atoms. The number of nitro benzene ring substituents is 1. The fourth-order valence-corrected chi connectivity index (χ4v) is 0.911. The van der Waals surface area contributed by atoms with Crippen molar-refractivity contribution in [3.05, 3.63) is 39.4 Å². The number of nitro groups is 1. The lowest BCUT2D eigenvalue weighted by molar-refractivity contribution is -0.385. The largest absolute Gasteiger partial charge is 0.326 e. The third-order valence-electron chi connectivity index (χ3n) is 1.54. The summed E-state index contributed by atoms with van der Waals surface area (Å²) in [6.45, 7) is -0.201. The number of benzene rings is 1. The number of nitrogens with zero attached hydrogens (tertiary/aromatic N) is 1. The second-order valence-electron chi connectivity index (χ2n) is 2.36. The Hall–Kier alpha value is -1.56. The molecule has 0 unspecified atom stereocenters. The highest BCUT2D eigenvalue weighted by Gasteiger charge is 2.16. The summed E-state index contributed by atoms with van der Waals surface area (Å²) >= 11 is 0. The zero-order valence-corrected chi connectivity index (χ0v) is 6.46. The predicted molar refractivity (Wildman–Crippen MR) is 40.9 cm³/mol. The molecule has 0 heterocycles. The van der Waals surface area contributed by atoms with Gasteiger partial charge in [0, 0.05) is 12.1 Å². The minimum absolute atomic E-state index is 0.0242. The molecular weight excluding hydrogens is 182 g/mol. The zero-order valence-electron chi connectivity index (χ0n) is 6.46. The van der Waals surface area contributed by atoms with Crippen LogP contribution in [0, 0.1) is 21.7 Å². The monoisotopic (exact) mass is 188 g/mol. The Balaban J connectivity index is 3.33. The highest BCUT2D eigenvalue weighted by atomic mass is 19.2. The second kappa shape index (κ2) is 3.44. The Labute approximate surface area is 72.1 Å². The van der Waals surface area contributed by atoms with Crippen molar-refractivity contribution in [1.29, 1.82) is 0 Å². The van der Waals surface area contributed by atoms with Gasteiger partial charge >= 0.3 is 0 Å². The van der Waals surface area contributed by atoms with E-state index in [4.69, 9.17) is 5.73 Å². The van der Waals surface area contributed by atoms with E-state index in [1.165, 1.54) is 0 Å². The Morgan fingerprint density at radius 1 is 1.38 bits per heavy atom. The zero-order chi connectivity index (χ0) is 10.0. The normalized spacial score (nSPS) is 10.1. The van der Waals surface area contributed by atoms with Crippen molar-refractivity contribution >= 4 is 5.69 Å². The summed E-state index contributed by atoms with van der Waals surface area (Å²) in [6.07, 6.45) is 0. The van der Waals surface area contributed by atoms with Crippen molar-refractivity contribution < 1.29 is 13.7 Å². The van der Waals surface area contributed by atoms with Gasteiger partial charge in [0.15, 0.2) is 11.6 Å². The van der Waals surface area contributed by atoms with Gasteiger partial charge in [-0.25, -0.2) is 8.78 Å². The first-order chi connectivity index (χ1) is 6.06. The Kier molecular flexibility index (Phi) is 2.52. The summed E-state index contributed by atoms with van der Waals surface area (Å²) in [6, 6.07) is 1.25. The Bertz CT molecular complexity index is 355. The quantitative estimate of drug-likeness (QED) is 0.562. The summed E-state index contributed by atoms with van der Waals surface area (Å²) in [5, 5.41) is 10.3. The first-order valence-electron chi connectivity index (χ1n) is 3.38. The van der Waals surface area contributed by atoms with Gasteiger partial charge in [0.1, 0.15) is 0 Å². The van der Waals surface area contributed by atoms with Crippen LogP contribution in [-0.4, -0.2) is 4.92 Å². The van der Waals surface area contributed by atoms with E-state index in [1.807, 2.05) is 0 Å². The van der Waals surface area contributed by atoms with Gasteiger partial charge in [-0.2, -0.15) is 0 Å². The average molecular weight is 188 g/mol. The van der Waals surface area contributed by atoms with Crippen LogP contribution < -0.4 is 5.73 Å². The van der Waals surface area contributed by atoms with Gasteiger partial charge < -0.3 is 5.73 Å². The Morgan fingerprint density at radius 3 is 2.38 bits per heavy atom. The minimum atomic E-state index is -1.25.